The highest BCUT2D eigenvalue weighted by Gasteiger charge is 2.20. The Morgan fingerprint density at radius 2 is 1.57 bits per heavy atom. The van der Waals surface area contributed by atoms with E-state index in [2.05, 4.69) is 10.4 Å². The number of nitrogens with two attached hydrogens (primary N) is 1. The van der Waals surface area contributed by atoms with Crippen LogP contribution in [0.5, 0.6) is 0 Å². The maximum atomic E-state index is 5.89. The highest BCUT2D eigenvalue weighted by molar-refractivity contribution is 4.78. The highest BCUT2D eigenvalue weighted by Crippen LogP contribution is 2.18. The number of rotatable bonds is 2. The first-order valence-electron chi connectivity index (χ1n) is 6.11. The van der Waals surface area contributed by atoms with Crippen LogP contribution in [-0.4, -0.2) is 30.2 Å². The average Bonchev–Trinajstić information content (AvgIpc) is 2.23. The van der Waals surface area contributed by atoms with E-state index in [1.54, 1.807) is 0 Å². The summed E-state index contributed by atoms with van der Waals surface area (Å²) in [7, 11) is 0. The molecule has 2 aliphatic rings. The monoisotopic (exact) mass is 197 g/mol. The van der Waals surface area contributed by atoms with Crippen LogP contribution in [0.25, 0.3) is 0 Å². The minimum Gasteiger partial charge on any atom is -0.328 e. The molecule has 3 N–H and O–H groups in total. The van der Waals surface area contributed by atoms with Gasteiger partial charge in [0.2, 0.25) is 0 Å². The van der Waals surface area contributed by atoms with Crippen molar-refractivity contribution in [3.63, 3.8) is 0 Å². The summed E-state index contributed by atoms with van der Waals surface area (Å²) in [5, 5.41) is 2.42. The van der Waals surface area contributed by atoms with Gasteiger partial charge in [0.05, 0.1) is 0 Å². The van der Waals surface area contributed by atoms with Gasteiger partial charge in [-0.15, -0.1) is 0 Å². The summed E-state index contributed by atoms with van der Waals surface area (Å²) < 4.78 is 0. The molecule has 1 aliphatic carbocycles. The molecular weight excluding hydrogens is 174 g/mol. The van der Waals surface area contributed by atoms with Gasteiger partial charge in [0, 0.05) is 25.2 Å². The number of nitrogens with one attached hydrogen (secondary N) is 1. The predicted molar refractivity (Wildman–Crippen MR) is 58.8 cm³/mol. The molecule has 14 heavy (non-hydrogen) atoms. The lowest BCUT2D eigenvalue weighted by atomic mass is 9.92. The second-order valence-electron chi connectivity index (χ2n) is 4.79. The zero-order chi connectivity index (χ0) is 9.80. The lowest BCUT2D eigenvalue weighted by Crippen LogP contribution is -2.49. The molecule has 0 aromatic carbocycles. The lowest BCUT2D eigenvalue weighted by Gasteiger charge is -2.34. The van der Waals surface area contributed by atoms with Crippen LogP contribution in [0.1, 0.15) is 44.9 Å². The van der Waals surface area contributed by atoms with Gasteiger partial charge in [0.25, 0.3) is 0 Å². The molecule has 2 fully saturated rings. The normalized spacial score (nSPS) is 35.8. The van der Waals surface area contributed by atoms with Crippen molar-refractivity contribution in [3.05, 3.63) is 0 Å². The second-order valence-corrected chi connectivity index (χ2v) is 4.79. The van der Waals surface area contributed by atoms with Gasteiger partial charge in [0.15, 0.2) is 0 Å². The Hall–Kier alpha value is -0.120. The van der Waals surface area contributed by atoms with Gasteiger partial charge in [-0.25, -0.2) is 5.01 Å². The third-order valence-corrected chi connectivity index (χ3v) is 3.49. The second kappa shape index (κ2) is 5.10. The van der Waals surface area contributed by atoms with E-state index in [1.165, 1.54) is 58.0 Å². The Balaban J connectivity index is 1.68. The molecular formula is C11H23N3. The van der Waals surface area contributed by atoms with Gasteiger partial charge in [-0.3, -0.25) is 5.43 Å². The molecule has 0 aromatic heterocycles. The molecule has 0 radical (unpaired) electrons. The van der Waals surface area contributed by atoms with E-state index >= 15 is 0 Å². The van der Waals surface area contributed by atoms with Gasteiger partial charge < -0.3 is 5.73 Å². The molecule has 0 spiro atoms. The van der Waals surface area contributed by atoms with Crippen LogP contribution >= 0.6 is 0 Å². The van der Waals surface area contributed by atoms with Crippen LogP contribution in [-0.2, 0) is 0 Å². The first-order valence-corrected chi connectivity index (χ1v) is 6.11. The van der Waals surface area contributed by atoms with Crippen molar-refractivity contribution < 1.29 is 0 Å². The predicted octanol–water partition coefficient (Wildman–Crippen LogP) is 1.25. The minimum absolute atomic E-state index is 0.467. The molecule has 0 atom stereocenters. The zero-order valence-corrected chi connectivity index (χ0v) is 9.04. The molecule has 0 amide bonds. The topological polar surface area (TPSA) is 41.3 Å². The number of hydrogen-bond donors (Lipinski definition) is 2. The van der Waals surface area contributed by atoms with Crippen LogP contribution in [0, 0.1) is 0 Å². The minimum atomic E-state index is 0.467. The highest BCUT2D eigenvalue weighted by atomic mass is 15.5. The van der Waals surface area contributed by atoms with Gasteiger partial charge in [-0.05, 0) is 38.5 Å². The summed E-state index contributed by atoms with van der Waals surface area (Å²) in [6.45, 7) is 2.48. The van der Waals surface area contributed by atoms with Crippen molar-refractivity contribution in [2.75, 3.05) is 13.1 Å². The maximum absolute atomic E-state index is 5.89. The molecule has 0 aromatic rings. The molecule has 1 heterocycles. The van der Waals surface area contributed by atoms with E-state index in [4.69, 9.17) is 5.73 Å². The van der Waals surface area contributed by atoms with Crippen LogP contribution in [0.2, 0.25) is 0 Å². The Morgan fingerprint density at radius 1 is 0.929 bits per heavy atom. The van der Waals surface area contributed by atoms with Crippen molar-refractivity contribution >= 4 is 0 Å². The van der Waals surface area contributed by atoms with E-state index in [9.17, 15) is 0 Å². The van der Waals surface area contributed by atoms with E-state index < -0.39 is 0 Å². The standard InChI is InChI=1S/C11H23N3/c12-10-4-6-11(7-5-10)13-14-8-2-1-3-9-14/h10-11,13H,1-9,12H2. The fraction of sp³-hybridized carbons (Fsp3) is 1.00. The van der Waals surface area contributed by atoms with Gasteiger partial charge >= 0.3 is 0 Å². The quantitative estimate of drug-likeness (QED) is 0.700. The van der Waals surface area contributed by atoms with E-state index in [0.29, 0.717) is 12.1 Å². The molecule has 2 rings (SSSR count). The summed E-state index contributed by atoms with van der Waals surface area (Å²) in [5.41, 5.74) is 9.54. The van der Waals surface area contributed by atoms with Gasteiger partial charge in [-0.2, -0.15) is 0 Å². The van der Waals surface area contributed by atoms with Crippen LogP contribution in [0.4, 0.5) is 0 Å². The van der Waals surface area contributed by atoms with Crippen molar-refractivity contribution in [1.29, 1.82) is 0 Å². The van der Waals surface area contributed by atoms with E-state index in [0.717, 1.165) is 0 Å². The summed E-state index contributed by atoms with van der Waals surface area (Å²) in [5.74, 6) is 0. The summed E-state index contributed by atoms with van der Waals surface area (Å²) in [6.07, 6.45) is 9.05. The SMILES string of the molecule is NC1CCC(NN2CCCCC2)CC1. The zero-order valence-electron chi connectivity index (χ0n) is 9.04. The smallest absolute Gasteiger partial charge is 0.0216 e. The van der Waals surface area contributed by atoms with Gasteiger partial charge in [-0.1, -0.05) is 6.42 Å². The summed E-state index contributed by atoms with van der Waals surface area (Å²) in [4.78, 5) is 0. The molecule has 1 saturated heterocycles. The molecule has 3 nitrogen and oxygen atoms in total. The van der Waals surface area contributed by atoms with Crippen LogP contribution in [0.15, 0.2) is 0 Å². The largest absolute Gasteiger partial charge is 0.328 e. The number of hydrogen-bond acceptors (Lipinski definition) is 3. The Kier molecular flexibility index (Phi) is 3.79. The fourth-order valence-electron chi connectivity index (χ4n) is 2.53. The maximum Gasteiger partial charge on any atom is 0.0216 e. The third-order valence-electron chi connectivity index (χ3n) is 3.49. The van der Waals surface area contributed by atoms with E-state index in [-0.39, 0.29) is 0 Å². The van der Waals surface area contributed by atoms with Crippen molar-refractivity contribution in [2.45, 2.75) is 57.0 Å². The Bertz CT molecular complexity index is 158. The third kappa shape index (κ3) is 2.94. The van der Waals surface area contributed by atoms with Crippen molar-refractivity contribution in [1.82, 2.24) is 10.4 Å². The fourth-order valence-corrected chi connectivity index (χ4v) is 2.53. The van der Waals surface area contributed by atoms with Crippen LogP contribution < -0.4 is 11.2 Å². The van der Waals surface area contributed by atoms with Gasteiger partial charge in [0.1, 0.15) is 0 Å². The first-order chi connectivity index (χ1) is 6.84. The number of hydrazine groups is 1. The molecule has 3 heteroatoms. The molecule has 0 bridgehead atoms. The van der Waals surface area contributed by atoms with Crippen molar-refractivity contribution in [2.24, 2.45) is 5.73 Å². The first kappa shape index (κ1) is 10.4. The number of piperidine rings is 1. The average molecular weight is 197 g/mol. The molecule has 1 saturated carbocycles. The lowest BCUT2D eigenvalue weighted by molar-refractivity contribution is 0.112. The molecule has 1 aliphatic heterocycles. The molecule has 82 valence electrons. The Morgan fingerprint density at radius 3 is 2.21 bits per heavy atom. The molecule has 0 unspecified atom stereocenters. The van der Waals surface area contributed by atoms with Crippen LogP contribution in [0.3, 0.4) is 0 Å². The summed E-state index contributed by atoms with van der Waals surface area (Å²) in [6, 6.07) is 1.17. The van der Waals surface area contributed by atoms with Crippen molar-refractivity contribution in [3.8, 4) is 0 Å². The number of nitrogens with zero attached hydrogens (tertiary/aromatic N) is 1. The Labute approximate surface area is 87.0 Å². The summed E-state index contributed by atoms with van der Waals surface area (Å²) >= 11 is 0. The van der Waals surface area contributed by atoms with E-state index in [1.807, 2.05) is 0 Å².